The lowest BCUT2D eigenvalue weighted by Crippen LogP contribution is -2.83. The Kier molecular flexibility index (Phi) is 3.34. The van der Waals surface area contributed by atoms with Crippen LogP contribution in [0.3, 0.4) is 0 Å². The van der Waals surface area contributed by atoms with E-state index in [1.165, 1.54) is 6.42 Å². The summed E-state index contributed by atoms with van der Waals surface area (Å²) in [5.41, 5.74) is -0.307. The third-order valence-corrected chi connectivity index (χ3v) is 3.80. The molecule has 0 radical (unpaired) electrons. The van der Waals surface area contributed by atoms with Gasteiger partial charge in [0, 0.05) is 13.0 Å². The van der Waals surface area contributed by atoms with Crippen LogP contribution in [-0.4, -0.2) is 41.8 Å². The highest BCUT2D eigenvalue weighted by Gasteiger charge is 2.47. The number of ether oxygens (including phenoxy) is 1. The van der Waals surface area contributed by atoms with Crippen LogP contribution in [0.15, 0.2) is 0 Å². The van der Waals surface area contributed by atoms with Crippen LogP contribution in [-0.2, 0) is 4.74 Å². The summed E-state index contributed by atoms with van der Waals surface area (Å²) < 4.78 is 5.54. The number of quaternary nitrogens is 1. The number of nitrogens with zero attached hydrogens (tertiary/aromatic N) is 1. The number of rotatable bonds is 0. The standard InChI is InChI=1S/C13H24N2O2/c1-12(2,3)17-11(16)15-9-5-4-6-13(15)7-8-14-10-13/h14H,4-10H2,1-3H3/p+1/t13-/m0/s1. The first kappa shape index (κ1) is 12.7. The van der Waals surface area contributed by atoms with Crippen LogP contribution in [0.2, 0.25) is 0 Å². The SMILES string of the molecule is CC(C)(C)OC(=O)N1CCCC[C@@]12CC[NH2+]C2. The molecule has 1 atom stereocenters. The van der Waals surface area contributed by atoms with Gasteiger partial charge >= 0.3 is 6.09 Å². The number of hydrogen-bond donors (Lipinski definition) is 1. The third kappa shape index (κ3) is 2.73. The number of piperidine rings is 1. The van der Waals surface area contributed by atoms with E-state index in [9.17, 15) is 4.79 Å². The van der Waals surface area contributed by atoms with Gasteiger partial charge in [0.05, 0.1) is 13.1 Å². The molecule has 1 spiro atoms. The minimum Gasteiger partial charge on any atom is -0.444 e. The van der Waals surface area contributed by atoms with Gasteiger partial charge in [0.15, 0.2) is 0 Å². The molecule has 4 nitrogen and oxygen atoms in total. The van der Waals surface area contributed by atoms with E-state index in [2.05, 4.69) is 5.32 Å². The van der Waals surface area contributed by atoms with E-state index in [1.54, 1.807) is 0 Å². The molecule has 2 saturated heterocycles. The molecule has 2 aliphatic heterocycles. The molecule has 0 aromatic rings. The van der Waals surface area contributed by atoms with E-state index in [0.29, 0.717) is 0 Å². The third-order valence-electron chi connectivity index (χ3n) is 3.80. The molecule has 17 heavy (non-hydrogen) atoms. The van der Waals surface area contributed by atoms with Crippen LogP contribution in [0, 0.1) is 0 Å². The van der Waals surface area contributed by atoms with Gasteiger partial charge in [-0.25, -0.2) is 4.79 Å². The molecule has 1 amide bonds. The highest BCUT2D eigenvalue weighted by Crippen LogP contribution is 2.32. The van der Waals surface area contributed by atoms with Crippen molar-refractivity contribution in [1.29, 1.82) is 0 Å². The van der Waals surface area contributed by atoms with Gasteiger partial charge in [-0.05, 0) is 40.0 Å². The number of nitrogens with two attached hydrogens (primary N) is 1. The van der Waals surface area contributed by atoms with Gasteiger partial charge in [-0.15, -0.1) is 0 Å². The lowest BCUT2D eigenvalue weighted by molar-refractivity contribution is -0.640. The van der Waals surface area contributed by atoms with Crippen molar-refractivity contribution in [3.8, 4) is 0 Å². The van der Waals surface area contributed by atoms with Gasteiger partial charge in [0.2, 0.25) is 0 Å². The summed E-state index contributed by atoms with van der Waals surface area (Å²) in [4.78, 5) is 14.3. The monoisotopic (exact) mass is 241 g/mol. The maximum absolute atomic E-state index is 12.3. The van der Waals surface area contributed by atoms with Crippen molar-refractivity contribution in [3.63, 3.8) is 0 Å². The number of hydrogen-bond acceptors (Lipinski definition) is 2. The predicted molar refractivity (Wildman–Crippen MR) is 65.8 cm³/mol. The Morgan fingerprint density at radius 1 is 1.29 bits per heavy atom. The number of carbonyl (C=O) groups excluding carboxylic acids is 1. The van der Waals surface area contributed by atoms with E-state index < -0.39 is 5.60 Å². The summed E-state index contributed by atoms with van der Waals surface area (Å²) in [6.07, 6.45) is 4.50. The summed E-state index contributed by atoms with van der Waals surface area (Å²) in [7, 11) is 0. The van der Waals surface area contributed by atoms with Crippen LogP contribution < -0.4 is 5.32 Å². The van der Waals surface area contributed by atoms with Gasteiger partial charge in [-0.2, -0.15) is 0 Å². The van der Waals surface area contributed by atoms with Crippen LogP contribution in [0.5, 0.6) is 0 Å². The van der Waals surface area contributed by atoms with Crippen LogP contribution in [0.1, 0.15) is 46.5 Å². The molecule has 0 aromatic carbocycles. The second kappa shape index (κ2) is 4.48. The highest BCUT2D eigenvalue weighted by molar-refractivity contribution is 5.69. The van der Waals surface area contributed by atoms with Crippen LogP contribution in [0.4, 0.5) is 4.79 Å². The zero-order chi connectivity index (χ0) is 12.5. The van der Waals surface area contributed by atoms with Crippen molar-refractivity contribution in [2.45, 2.75) is 57.6 Å². The summed E-state index contributed by atoms with van der Waals surface area (Å²) >= 11 is 0. The second-order valence-corrected chi connectivity index (χ2v) is 6.34. The summed E-state index contributed by atoms with van der Waals surface area (Å²) in [5, 5.41) is 2.32. The van der Waals surface area contributed by atoms with Crippen molar-refractivity contribution in [2.24, 2.45) is 0 Å². The molecule has 0 aliphatic carbocycles. The molecule has 98 valence electrons. The van der Waals surface area contributed by atoms with Crippen LogP contribution in [0.25, 0.3) is 0 Å². The zero-order valence-corrected chi connectivity index (χ0v) is 11.3. The molecule has 0 bridgehead atoms. The van der Waals surface area contributed by atoms with E-state index in [-0.39, 0.29) is 11.6 Å². The molecule has 2 fully saturated rings. The Morgan fingerprint density at radius 2 is 2.06 bits per heavy atom. The van der Waals surface area contributed by atoms with Gasteiger partial charge in [0.25, 0.3) is 0 Å². The van der Waals surface area contributed by atoms with Crippen molar-refractivity contribution in [1.82, 2.24) is 4.90 Å². The molecule has 2 rings (SSSR count). The van der Waals surface area contributed by atoms with E-state index in [0.717, 1.165) is 38.9 Å². The topological polar surface area (TPSA) is 46.1 Å². The Labute approximate surface area is 104 Å². The number of amides is 1. The Hall–Kier alpha value is -0.770. The summed E-state index contributed by atoms with van der Waals surface area (Å²) in [6, 6.07) is 0. The van der Waals surface area contributed by atoms with Crippen molar-refractivity contribution in [3.05, 3.63) is 0 Å². The Bertz CT molecular complexity index is 290. The molecule has 4 heteroatoms. The molecule has 2 heterocycles. The van der Waals surface area contributed by atoms with Crippen molar-refractivity contribution < 1.29 is 14.8 Å². The smallest absolute Gasteiger partial charge is 0.410 e. The Balaban J connectivity index is 2.08. The predicted octanol–water partition coefficient (Wildman–Crippen LogP) is 1.11. The first-order valence-electron chi connectivity index (χ1n) is 6.75. The maximum Gasteiger partial charge on any atom is 0.410 e. The fraction of sp³-hybridized carbons (Fsp3) is 0.923. The molecule has 0 aromatic heterocycles. The maximum atomic E-state index is 12.3. The zero-order valence-electron chi connectivity index (χ0n) is 11.3. The van der Waals surface area contributed by atoms with Gasteiger partial charge < -0.3 is 10.1 Å². The van der Waals surface area contributed by atoms with Crippen molar-refractivity contribution in [2.75, 3.05) is 19.6 Å². The lowest BCUT2D eigenvalue weighted by atomic mass is 9.86. The normalized spacial score (nSPS) is 29.7. The fourth-order valence-corrected chi connectivity index (χ4v) is 3.01. The van der Waals surface area contributed by atoms with Crippen LogP contribution >= 0.6 is 0 Å². The molecule has 0 unspecified atom stereocenters. The largest absolute Gasteiger partial charge is 0.444 e. The van der Waals surface area contributed by atoms with Gasteiger partial charge in [-0.3, -0.25) is 4.90 Å². The Morgan fingerprint density at radius 3 is 2.65 bits per heavy atom. The molecular weight excluding hydrogens is 216 g/mol. The van der Waals surface area contributed by atoms with Gasteiger partial charge in [0.1, 0.15) is 11.1 Å². The minimum atomic E-state index is -0.391. The molecular formula is C13H25N2O2+. The molecule has 2 N–H and O–H groups in total. The van der Waals surface area contributed by atoms with Crippen molar-refractivity contribution >= 4 is 6.09 Å². The first-order valence-corrected chi connectivity index (χ1v) is 6.75. The van der Waals surface area contributed by atoms with Gasteiger partial charge in [-0.1, -0.05) is 0 Å². The average Bonchev–Trinajstić information content (AvgIpc) is 2.65. The lowest BCUT2D eigenvalue weighted by Gasteiger charge is -2.42. The van der Waals surface area contributed by atoms with E-state index >= 15 is 0 Å². The summed E-state index contributed by atoms with van der Waals surface area (Å²) in [5.74, 6) is 0. The highest BCUT2D eigenvalue weighted by atomic mass is 16.6. The fourth-order valence-electron chi connectivity index (χ4n) is 3.01. The van der Waals surface area contributed by atoms with E-state index in [4.69, 9.17) is 4.74 Å². The number of carbonyl (C=O) groups is 1. The average molecular weight is 241 g/mol. The second-order valence-electron chi connectivity index (χ2n) is 6.34. The quantitative estimate of drug-likeness (QED) is 0.690. The molecule has 2 aliphatic rings. The molecule has 0 saturated carbocycles. The number of likely N-dealkylation sites (tertiary alicyclic amines) is 1. The minimum absolute atomic E-state index is 0.0839. The first-order chi connectivity index (χ1) is 7.93. The van der Waals surface area contributed by atoms with E-state index in [1.807, 2.05) is 25.7 Å². The summed E-state index contributed by atoms with van der Waals surface area (Å²) in [6.45, 7) is 8.85.